The van der Waals surface area contributed by atoms with Gasteiger partial charge >= 0.3 is 5.69 Å². The highest BCUT2D eigenvalue weighted by molar-refractivity contribution is 5.96. The standard InChI is InChI=1S/C24H26N4O3/c1-31-22-7-5-17(13-18(22)14-27-11-9-16(15-29)10-12-27)19-3-2-4-21-20(19)6-8-23-25-26-24(30)28(21)23/h2-8,13,16,29H,9-12,14-15H2,1H3,(H,26,30). The van der Waals surface area contributed by atoms with Gasteiger partial charge in [-0.3, -0.25) is 4.90 Å². The minimum absolute atomic E-state index is 0.237. The highest BCUT2D eigenvalue weighted by Gasteiger charge is 2.20. The van der Waals surface area contributed by atoms with Crippen LogP contribution in [0.5, 0.6) is 5.75 Å². The number of hydrogen-bond donors (Lipinski definition) is 2. The third kappa shape index (κ3) is 3.60. The summed E-state index contributed by atoms with van der Waals surface area (Å²) in [6, 6.07) is 16.2. The number of aromatic nitrogens is 3. The number of likely N-dealkylation sites (tertiary alicyclic amines) is 1. The molecule has 0 aliphatic carbocycles. The number of aromatic amines is 1. The maximum atomic E-state index is 12.3. The van der Waals surface area contributed by atoms with Gasteiger partial charge in [0.25, 0.3) is 0 Å². The Balaban J connectivity index is 1.54. The molecule has 0 atom stereocenters. The summed E-state index contributed by atoms with van der Waals surface area (Å²) < 4.78 is 7.25. The summed E-state index contributed by atoms with van der Waals surface area (Å²) in [6.07, 6.45) is 2.05. The first-order chi connectivity index (χ1) is 15.2. The molecule has 1 aliphatic rings. The molecule has 3 heterocycles. The lowest BCUT2D eigenvalue weighted by atomic mass is 9.96. The summed E-state index contributed by atoms with van der Waals surface area (Å²) in [5.41, 5.74) is 4.49. The second-order valence-electron chi connectivity index (χ2n) is 8.22. The molecule has 2 aromatic carbocycles. The van der Waals surface area contributed by atoms with Crippen molar-refractivity contribution in [2.24, 2.45) is 5.92 Å². The normalized spacial score (nSPS) is 15.7. The summed E-state index contributed by atoms with van der Waals surface area (Å²) in [6.45, 7) is 3.05. The van der Waals surface area contributed by atoms with Crippen LogP contribution in [0.25, 0.3) is 27.7 Å². The molecule has 0 saturated carbocycles. The smallest absolute Gasteiger partial charge is 0.348 e. The molecule has 7 nitrogen and oxygen atoms in total. The van der Waals surface area contributed by atoms with E-state index in [2.05, 4.69) is 33.3 Å². The van der Waals surface area contributed by atoms with Crippen LogP contribution in [0.1, 0.15) is 18.4 Å². The lowest BCUT2D eigenvalue weighted by molar-refractivity contribution is 0.127. The van der Waals surface area contributed by atoms with E-state index in [-0.39, 0.29) is 12.3 Å². The van der Waals surface area contributed by atoms with Crippen molar-refractivity contribution >= 4 is 16.6 Å². The number of fused-ring (bicyclic) bond motifs is 3. The van der Waals surface area contributed by atoms with Gasteiger partial charge in [0.15, 0.2) is 5.65 Å². The molecule has 1 saturated heterocycles. The number of aliphatic hydroxyl groups excluding tert-OH is 1. The van der Waals surface area contributed by atoms with Crippen LogP contribution in [0.4, 0.5) is 0 Å². The molecule has 0 bridgehead atoms. The van der Waals surface area contributed by atoms with Gasteiger partial charge in [-0.15, -0.1) is 0 Å². The second kappa shape index (κ2) is 8.17. The number of benzene rings is 2. The van der Waals surface area contributed by atoms with E-state index in [4.69, 9.17) is 4.74 Å². The van der Waals surface area contributed by atoms with E-state index < -0.39 is 0 Å². The minimum atomic E-state index is -0.237. The fourth-order valence-corrected chi connectivity index (χ4v) is 4.62. The number of aliphatic hydroxyl groups is 1. The van der Waals surface area contributed by atoms with Gasteiger partial charge in [-0.2, -0.15) is 5.10 Å². The predicted molar refractivity (Wildman–Crippen MR) is 120 cm³/mol. The Bertz CT molecular complexity index is 1290. The van der Waals surface area contributed by atoms with Crippen molar-refractivity contribution in [3.63, 3.8) is 0 Å². The van der Waals surface area contributed by atoms with Gasteiger partial charge in [0.1, 0.15) is 5.75 Å². The maximum Gasteiger partial charge on any atom is 0.348 e. The zero-order valence-electron chi connectivity index (χ0n) is 17.5. The average molecular weight is 418 g/mol. The van der Waals surface area contributed by atoms with Crippen molar-refractivity contribution in [2.45, 2.75) is 19.4 Å². The van der Waals surface area contributed by atoms with Crippen molar-refractivity contribution in [1.29, 1.82) is 0 Å². The van der Waals surface area contributed by atoms with Gasteiger partial charge in [-0.25, -0.2) is 14.3 Å². The summed E-state index contributed by atoms with van der Waals surface area (Å²) in [4.78, 5) is 14.7. The van der Waals surface area contributed by atoms with E-state index in [9.17, 15) is 9.90 Å². The topological polar surface area (TPSA) is 82.9 Å². The molecule has 0 unspecified atom stereocenters. The van der Waals surface area contributed by atoms with E-state index in [0.29, 0.717) is 11.6 Å². The molecule has 160 valence electrons. The molecule has 1 fully saturated rings. The number of nitrogens with one attached hydrogen (secondary N) is 1. The van der Waals surface area contributed by atoms with Gasteiger partial charge in [-0.05, 0) is 73.3 Å². The molecule has 7 heteroatoms. The number of ether oxygens (including phenoxy) is 1. The van der Waals surface area contributed by atoms with Crippen molar-refractivity contribution < 1.29 is 9.84 Å². The largest absolute Gasteiger partial charge is 0.496 e. The molecule has 4 aromatic rings. The van der Waals surface area contributed by atoms with Crippen molar-refractivity contribution in [3.8, 4) is 16.9 Å². The lowest BCUT2D eigenvalue weighted by Crippen LogP contribution is -2.34. The predicted octanol–water partition coefficient (Wildman–Crippen LogP) is 3.06. The van der Waals surface area contributed by atoms with Crippen molar-refractivity contribution in [2.75, 3.05) is 26.8 Å². The summed E-state index contributed by atoms with van der Waals surface area (Å²) >= 11 is 0. The highest BCUT2D eigenvalue weighted by atomic mass is 16.5. The number of pyridine rings is 1. The van der Waals surface area contributed by atoms with E-state index in [0.717, 1.165) is 65.8 Å². The quantitative estimate of drug-likeness (QED) is 0.521. The van der Waals surface area contributed by atoms with Gasteiger partial charge < -0.3 is 9.84 Å². The first kappa shape index (κ1) is 19.8. The average Bonchev–Trinajstić information content (AvgIpc) is 3.20. The van der Waals surface area contributed by atoms with Crippen LogP contribution in [0.3, 0.4) is 0 Å². The van der Waals surface area contributed by atoms with Crippen LogP contribution in [0, 0.1) is 5.92 Å². The van der Waals surface area contributed by atoms with Gasteiger partial charge in [0.05, 0.1) is 12.6 Å². The molecular weight excluding hydrogens is 392 g/mol. The molecule has 0 spiro atoms. The Kier molecular flexibility index (Phi) is 5.21. The Hall–Kier alpha value is -3.16. The number of methoxy groups -OCH3 is 1. The second-order valence-corrected chi connectivity index (χ2v) is 8.22. The molecule has 2 N–H and O–H groups in total. The van der Waals surface area contributed by atoms with Crippen LogP contribution < -0.4 is 10.4 Å². The Morgan fingerprint density at radius 3 is 2.77 bits per heavy atom. The van der Waals surface area contributed by atoms with Crippen molar-refractivity contribution in [1.82, 2.24) is 19.5 Å². The molecule has 31 heavy (non-hydrogen) atoms. The molecule has 1 aliphatic heterocycles. The molecular formula is C24H26N4O3. The molecule has 0 radical (unpaired) electrons. The third-order valence-corrected chi connectivity index (χ3v) is 6.37. The number of nitrogens with zero attached hydrogens (tertiary/aromatic N) is 3. The fraction of sp³-hybridized carbons (Fsp3) is 0.333. The van der Waals surface area contributed by atoms with Crippen LogP contribution >= 0.6 is 0 Å². The van der Waals surface area contributed by atoms with E-state index in [1.807, 2.05) is 30.3 Å². The number of piperidine rings is 1. The van der Waals surface area contributed by atoms with Crippen LogP contribution in [-0.2, 0) is 6.54 Å². The van der Waals surface area contributed by atoms with Crippen LogP contribution in [0.2, 0.25) is 0 Å². The Labute approximate surface area is 179 Å². The van der Waals surface area contributed by atoms with Crippen LogP contribution in [-0.4, -0.2) is 51.4 Å². The van der Waals surface area contributed by atoms with Gasteiger partial charge in [-0.1, -0.05) is 18.2 Å². The first-order valence-corrected chi connectivity index (χ1v) is 10.7. The van der Waals surface area contributed by atoms with Gasteiger partial charge in [0, 0.05) is 24.1 Å². The van der Waals surface area contributed by atoms with Crippen molar-refractivity contribution in [3.05, 3.63) is 64.6 Å². The van der Waals surface area contributed by atoms with Crippen LogP contribution in [0.15, 0.2) is 53.3 Å². The maximum absolute atomic E-state index is 12.3. The minimum Gasteiger partial charge on any atom is -0.496 e. The SMILES string of the molecule is COc1ccc(-c2cccc3c2ccc2n[nH]c(=O)n23)cc1CN1CCC(CO)CC1. The van der Waals surface area contributed by atoms with Gasteiger partial charge in [0.2, 0.25) is 0 Å². The lowest BCUT2D eigenvalue weighted by Gasteiger charge is -2.31. The molecule has 2 aromatic heterocycles. The zero-order valence-corrected chi connectivity index (χ0v) is 17.5. The number of H-pyrrole nitrogens is 1. The molecule has 5 rings (SSSR count). The third-order valence-electron chi connectivity index (χ3n) is 6.37. The highest BCUT2D eigenvalue weighted by Crippen LogP contribution is 2.33. The number of rotatable bonds is 5. The van der Waals surface area contributed by atoms with E-state index >= 15 is 0 Å². The fourth-order valence-electron chi connectivity index (χ4n) is 4.62. The van der Waals surface area contributed by atoms with E-state index in [1.54, 1.807) is 11.5 Å². The Morgan fingerprint density at radius 1 is 1.16 bits per heavy atom. The Morgan fingerprint density at radius 2 is 2.00 bits per heavy atom. The summed E-state index contributed by atoms with van der Waals surface area (Å²) in [5.74, 6) is 1.30. The number of hydrogen-bond acceptors (Lipinski definition) is 5. The summed E-state index contributed by atoms with van der Waals surface area (Å²) in [5, 5.41) is 17.0. The molecule has 0 amide bonds. The zero-order chi connectivity index (χ0) is 21.4. The first-order valence-electron chi connectivity index (χ1n) is 10.7. The monoisotopic (exact) mass is 418 g/mol. The summed E-state index contributed by atoms with van der Waals surface area (Å²) in [7, 11) is 1.70. The van der Waals surface area contributed by atoms with E-state index in [1.165, 1.54) is 0 Å².